The molecule has 0 unspecified atom stereocenters. The normalized spacial score (nSPS) is 14.8. The highest BCUT2D eigenvalue weighted by molar-refractivity contribution is 5.79. The Balaban J connectivity index is 1.36. The van der Waals surface area contributed by atoms with Gasteiger partial charge in [0.05, 0.1) is 13.5 Å². The Morgan fingerprint density at radius 2 is 1.93 bits per heavy atom. The van der Waals surface area contributed by atoms with E-state index in [-0.39, 0.29) is 11.8 Å². The third-order valence-electron chi connectivity index (χ3n) is 5.12. The topological polar surface area (TPSA) is 81.4 Å². The Morgan fingerprint density at radius 3 is 2.68 bits per heavy atom. The number of carbonyl (C=O) groups excluding carboxylic acids is 1. The van der Waals surface area contributed by atoms with Gasteiger partial charge in [-0.05, 0) is 31.0 Å². The summed E-state index contributed by atoms with van der Waals surface area (Å²) >= 11 is 0. The summed E-state index contributed by atoms with van der Waals surface area (Å²) in [6.45, 7) is 1.38. The maximum Gasteiger partial charge on any atom is 0.258 e. The van der Waals surface area contributed by atoms with Crippen molar-refractivity contribution < 1.29 is 14.1 Å². The Hall–Kier alpha value is -3.22. The number of hydrogen-bond donors (Lipinski definition) is 0. The predicted molar refractivity (Wildman–Crippen MR) is 103 cm³/mol. The molecule has 1 aliphatic rings. The standard InChI is InChI=1S/C21H22N4O3/c1-27-18-5-3-2-4-17(18)14-19(26)25-12-8-15(9-13-25)20-23-21(28-24-20)16-6-10-22-11-7-16/h2-7,10-11,15H,8-9,12-14H2,1H3. The van der Waals surface area contributed by atoms with Crippen molar-refractivity contribution in [3.8, 4) is 17.2 Å². The molecule has 1 aliphatic heterocycles. The van der Waals surface area contributed by atoms with Gasteiger partial charge in [-0.3, -0.25) is 9.78 Å². The maximum atomic E-state index is 12.7. The van der Waals surface area contributed by atoms with Crippen LogP contribution in [-0.4, -0.2) is 46.1 Å². The summed E-state index contributed by atoms with van der Waals surface area (Å²) in [6.07, 6.45) is 5.40. The van der Waals surface area contributed by atoms with Crippen LogP contribution in [0.3, 0.4) is 0 Å². The van der Waals surface area contributed by atoms with Crippen molar-refractivity contribution in [2.45, 2.75) is 25.2 Å². The third kappa shape index (κ3) is 3.88. The second-order valence-corrected chi connectivity index (χ2v) is 6.84. The minimum Gasteiger partial charge on any atom is -0.496 e. The maximum absolute atomic E-state index is 12.7. The summed E-state index contributed by atoms with van der Waals surface area (Å²) in [4.78, 5) is 23.1. The fourth-order valence-corrected chi connectivity index (χ4v) is 3.52. The molecule has 0 radical (unpaired) electrons. The number of benzene rings is 1. The number of amides is 1. The zero-order valence-corrected chi connectivity index (χ0v) is 15.7. The number of pyridine rings is 1. The van der Waals surface area contributed by atoms with Gasteiger partial charge >= 0.3 is 0 Å². The van der Waals surface area contributed by atoms with Crippen LogP contribution in [0, 0.1) is 0 Å². The van der Waals surface area contributed by atoms with Crippen LogP contribution in [0.15, 0.2) is 53.3 Å². The number of piperidine rings is 1. The highest BCUT2D eigenvalue weighted by Gasteiger charge is 2.27. The molecule has 0 N–H and O–H groups in total. The Kier molecular flexibility index (Phi) is 5.32. The third-order valence-corrected chi connectivity index (χ3v) is 5.12. The first-order valence-electron chi connectivity index (χ1n) is 9.38. The molecular formula is C21H22N4O3. The molecular weight excluding hydrogens is 356 g/mol. The molecule has 2 aromatic heterocycles. The molecule has 28 heavy (non-hydrogen) atoms. The molecule has 3 aromatic rings. The van der Waals surface area contributed by atoms with Crippen molar-refractivity contribution in [3.05, 3.63) is 60.2 Å². The van der Waals surface area contributed by atoms with Gasteiger partial charge in [0.1, 0.15) is 5.75 Å². The average Bonchev–Trinajstić information content (AvgIpc) is 3.25. The second-order valence-electron chi connectivity index (χ2n) is 6.84. The molecule has 1 aromatic carbocycles. The Morgan fingerprint density at radius 1 is 1.18 bits per heavy atom. The number of methoxy groups -OCH3 is 1. The molecule has 0 bridgehead atoms. The van der Waals surface area contributed by atoms with E-state index >= 15 is 0 Å². The lowest BCUT2D eigenvalue weighted by molar-refractivity contribution is -0.131. The first kappa shape index (κ1) is 18.2. The van der Waals surface area contributed by atoms with E-state index in [2.05, 4.69) is 15.1 Å². The van der Waals surface area contributed by atoms with Gasteiger partial charge in [0.2, 0.25) is 5.91 Å². The lowest BCUT2D eigenvalue weighted by Crippen LogP contribution is -2.39. The van der Waals surface area contributed by atoms with Gasteiger partial charge < -0.3 is 14.2 Å². The van der Waals surface area contributed by atoms with Gasteiger partial charge in [0, 0.05) is 42.5 Å². The van der Waals surface area contributed by atoms with Gasteiger partial charge in [-0.1, -0.05) is 23.4 Å². The molecule has 144 valence electrons. The Bertz CT molecular complexity index is 934. The second kappa shape index (κ2) is 8.21. The van der Waals surface area contributed by atoms with Gasteiger partial charge in [0.15, 0.2) is 5.82 Å². The van der Waals surface area contributed by atoms with E-state index in [0.29, 0.717) is 31.2 Å². The van der Waals surface area contributed by atoms with Gasteiger partial charge in [-0.15, -0.1) is 0 Å². The summed E-state index contributed by atoms with van der Waals surface area (Å²) in [5.41, 5.74) is 1.77. The quantitative estimate of drug-likeness (QED) is 0.679. The summed E-state index contributed by atoms with van der Waals surface area (Å²) in [5, 5.41) is 4.15. The van der Waals surface area contributed by atoms with Crippen molar-refractivity contribution in [2.75, 3.05) is 20.2 Å². The molecule has 4 rings (SSSR count). The fraction of sp³-hybridized carbons (Fsp3) is 0.333. The molecule has 3 heterocycles. The molecule has 0 aliphatic carbocycles. The van der Waals surface area contributed by atoms with Gasteiger partial charge in [-0.2, -0.15) is 4.98 Å². The summed E-state index contributed by atoms with van der Waals surface area (Å²) in [7, 11) is 1.62. The van der Waals surface area contributed by atoms with E-state index in [9.17, 15) is 4.79 Å². The lowest BCUT2D eigenvalue weighted by Gasteiger charge is -2.30. The zero-order valence-electron chi connectivity index (χ0n) is 15.7. The van der Waals surface area contributed by atoms with Crippen LogP contribution < -0.4 is 4.74 Å². The molecule has 1 saturated heterocycles. The smallest absolute Gasteiger partial charge is 0.258 e. The van der Waals surface area contributed by atoms with Crippen molar-refractivity contribution in [3.63, 3.8) is 0 Å². The van der Waals surface area contributed by atoms with Crippen LogP contribution in [0.4, 0.5) is 0 Å². The first-order valence-corrected chi connectivity index (χ1v) is 9.38. The van der Waals surface area contributed by atoms with Crippen molar-refractivity contribution >= 4 is 5.91 Å². The van der Waals surface area contributed by atoms with E-state index in [1.807, 2.05) is 41.3 Å². The van der Waals surface area contributed by atoms with Crippen molar-refractivity contribution in [2.24, 2.45) is 0 Å². The SMILES string of the molecule is COc1ccccc1CC(=O)N1CCC(c2noc(-c3ccncc3)n2)CC1. The summed E-state index contributed by atoms with van der Waals surface area (Å²) in [5.74, 6) is 2.29. The monoisotopic (exact) mass is 378 g/mol. The van der Waals surface area contributed by atoms with Gasteiger partial charge in [-0.25, -0.2) is 0 Å². The van der Waals surface area contributed by atoms with Crippen LogP contribution in [0.25, 0.3) is 11.5 Å². The molecule has 1 amide bonds. The van der Waals surface area contributed by atoms with Crippen LogP contribution in [-0.2, 0) is 11.2 Å². The van der Waals surface area contributed by atoms with E-state index < -0.39 is 0 Å². The number of para-hydroxylation sites is 1. The molecule has 7 nitrogen and oxygen atoms in total. The highest BCUT2D eigenvalue weighted by Crippen LogP contribution is 2.28. The van der Waals surface area contributed by atoms with Crippen LogP contribution in [0.2, 0.25) is 0 Å². The van der Waals surface area contributed by atoms with Crippen molar-refractivity contribution in [1.82, 2.24) is 20.0 Å². The van der Waals surface area contributed by atoms with E-state index in [1.165, 1.54) is 0 Å². The van der Waals surface area contributed by atoms with Gasteiger partial charge in [0.25, 0.3) is 5.89 Å². The molecule has 7 heteroatoms. The highest BCUT2D eigenvalue weighted by atomic mass is 16.5. The number of hydrogen-bond acceptors (Lipinski definition) is 6. The molecule has 0 spiro atoms. The molecule has 0 saturated carbocycles. The van der Waals surface area contributed by atoms with Crippen molar-refractivity contribution in [1.29, 1.82) is 0 Å². The number of carbonyl (C=O) groups is 1. The van der Waals surface area contributed by atoms with Crippen LogP contribution in [0.5, 0.6) is 5.75 Å². The average molecular weight is 378 g/mol. The van der Waals surface area contributed by atoms with Crippen LogP contribution >= 0.6 is 0 Å². The summed E-state index contributed by atoms with van der Waals surface area (Å²) in [6, 6.07) is 11.3. The lowest BCUT2D eigenvalue weighted by atomic mass is 9.95. The largest absolute Gasteiger partial charge is 0.496 e. The number of rotatable bonds is 5. The first-order chi connectivity index (χ1) is 13.7. The van der Waals surface area contributed by atoms with E-state index in [0.717, 1.165) is 29.7 Å². The van der Waals surface area contributed by atoms with Crippen LogP contribution in [0.1, 0.15) is 30.1 Å². The number of nitrogens with zero attached hydrogens (tertiary/aromatic N) is 4. The van der Waals surface area contributed by atoms with E-state index in [4.69, 9.17) is 9.26 Å². The number of aromatic nitrogens is 3. The Labute approximate surface area is 163 Å². The summed E-state index contributed by atoms with van der Waals surface area (Å²) < 4.78 is 10.7. The zero-order chi connectivity index (χ0) is 19.3. The predicted octanol–water partition coefficient (Wildman–Crippen LogP) is 3.09. The fourth-order valence-electron chi connectivity index (χ4n) is 3.52. The number of ether oxygens (including phenoxy) is 1. The van der Waals surface area contributed by atoms with E-state index in [1.54, 1.807) is 19.5 Å². The molecule has 0 atom stereocenters. The minimum atomic E-state index is 0.119. The molecule has 1 fully saturated rings. The minimum absolute atomic E-state index is 0.119. The number of likely N-dealkylation sites (tertiary alicyclic amines) is 1.